The first-order chi connectivity index (χ1) is 5.43. The molecule has 0 aliphatic carbocycles. The van der Waals surface area contributed by atoms with Gasteiger partial charge in [0.1, 0.15) is 6.79 Å². The van der Waals surface area contributed by atoms with Gasteiger partial charge in [0.2, 0.25) is 0 Å². The monoisotopic (exact) mass is 156 g/mol. The van der Waals surface area contributed by atoms with E-state index in [0.717, 1.165) is 19.6 Å². The summed E-state index contributed by atoms with van der Waals surface area (Å²) in [5.74, 6) is 0.615. The Kier molecular flexibility index (Phi) is 4.24. The minimum atomic E-state index is 0.484. The van der Waals surface area contributed by atoms with E-state index in [1.807, 2.05) is 6.08 Å². The van der Waals surface area contributed by atoms with Gasteiger partial charge in [-0.25, -0.2) is 0 Å². The van der Waals surface area contributed by atoms with Crippen LogP contribution in [0.3, 0.4) is 0 Å². The van der Waals surface area contributed by atoms with Gasteiger partial charge in [0.05, 0.1) is 13.2 Å². The van der Waals surface area contributed by atoms with Gasteiger partial charge in [0.25, 0.3) is 0 Å². The Hall–Kier alpha value is -0.340. The third kappa shape index (κ3) is 3.54. The van der Waals surface area contributed by atoms with Gasteiger partial charge >= 0.3 is 0 Å². The number of allylic oxidation sites excluding steroid dienone is 1. The first-order valence-corrected chi connectivity index (χ1v) is 4.20. The zero-order valence-corrected chi connectivity index (χ0v) is 6.92. The molecule has 1 heterocycles. The lowest BCUT2D eigenvalue weighted by molar-refractivity contribution is -0.127. The van der Waals surface area contributed by atoms with Crippen molar-refractivity contribution in [3.05, 3.63) is 12.7 Å². The quantitative estimate of drug-likeness (QED) is 0.457. The summed E-state index contributed by atoms with van der Waals surface area (Å²) in [7, 11) is 0. The molecule has 0 aromatic heterocycles. The zero-order chi connectivity index (χ0) is 7.94. The van der Waals surface area contributed by atoms with Gasteiger partial charge in [-0.2, -0.15) is 0 Å². The van der Waals surface area contributed by atoms with Crippen molar-refractivity contribution in [3.8, 4) is 0 Å². The molecule has 0 amide bonds. The molecule has 11 heavy (non-hydrogen) atoms. The fraction of sp³-hybridized carbons (Fsp3) is 0.778. The highest BCUT2D eigenvalue weighted by atomic mass is 16.7. The number of unbranched alkanes of at least 4 members (excludes halogenated alkanes) is 1. The zero-order valence-electron chi connectivity index (χ0n) is 6.92. The topological polar surface area (TPSA) is 18.5 Å². The van der Waals surface area contributed by atoms with E-state index in [-0.39, 0.29) is 0 Å². The van der Waals surface area contributed by atoms with Crippen LogP contribution in [0.25, 0.3) is 0 Å². The van der Waals surface area contributed by atoms with E-state index in [9.17, 15) is 0 Å². The summed E-state index contributed by atoms with van der Waals surface area (Å²) in [6.45, 7) is 5.91. The van der Waals surface area contributed by atoms with Crippen LogP contribution in [0.1, 0.15) is 19.3 Å². The van der Waals surface area contributed by atoms with Crippen molar-refractivity contribution in [1.82, 2.24) is 0 Å². The Morgan fingerprint density at radius 3 is 2.73 bits per heavy atom. The molecule has 2 heteroatoms. The first kappa shape index (κ1) is 8.75. The second kappa shape index (κ2) is 5.33. The second-order valence-corrected chi connectivity index (χ2v) is 2.95. The average Bonchev–Trinajstić information content (AvgIpc) is 2.07. The average molecular weight is 156 g/mol. The van der Waals surface area contributed by atoms with Crippen LogP contribution in [0.2, 0.25) is 0 Å². The molecule has 1 rings (SSSR count). The highest BCUT2D eigenvalue weighted by molar-refractivity contribution is 4.68. The second-order valence-electron chi connectivity index (χ2n) is 2.95. The molecule has 0 aromatic carbocycles. The van der Waals surface area contributed by atoms with Crippen molar-refractivity contribution < 1.29 is 9.47 Å². The van der Waals surface area contributed by atoms with E-state index in [1.165, 1.54) is 12.8 Å². The minimum Gasteiger partial charge on any atom is -0.355 e. The number of ether oxygens (including phenoxy) is 2. The van der Waals surface area contributed by atoms with Crippen molar-refractivity contribution in [3.63, 3.8) is 0 Å². The van der Waals surface area contributed by atoms with Gasteiger partial charge < -0.3 is 9.47 Å². The Morgan fingerprint density at radius 1 is 1.36 bits per heavy atom. The SMILES string of the molecule is C=CCCCC1COCOC1. The molecule has 0 saturated carbocycles. The van der Waals surface area contributed by atoms with Gasteiger partial charge in [-0.15, -0.1) is 6.58 Å². The lowest BCUT2D eigenvalue weighted by Gasteiger charge is -2.21. The minimum absolute atomic E-state index is 0.484. The van der Waals surface area contributed by atoms with Gasteiger partial charge in [-0.05, 0) is 19.3 Å². The summed E-state index contributed by atoms with van der Waals surface area (Å²) in [5.41, 5.74) is 0. The molecule has 0 aromatic rings. The molecule has 2 nitrogen and oxygen atoms in total. The predicted molar refractivity (Wildman–Crippen MR) is 44.3 cm³/mol. The molecule has 1 fully saturated rings. The van der Waals surface area contributed by atoms with E-state index in [0.29, 0.717) is 12.7 Å². The fourth-order valence-electron chi connectivity index (χ4n) is 1.25. The summed E-state index contributed by atoms with van der Waals surface area (Å²) in [6.07, 6.45) is 5.48. The normalized spacial score (nSPS) is 20.0. The molecular formula is C9H16O2. The van der Waals surface area contributed by atoms with E-state index < -0.39 is 0 Å². The Labute approximate surface area is 68.2 Å². The largest absolute Gasteiger partial charge is 0.355 e. The van der Waals surface area contributed by atoms with Crippen LogP contribution in [0.15, 0.2) is 12.7 Å². The lowest BCUT2D eigenvalue weighted by Crippen LogP contribution is -2.23. The highest BCUT2D eigenvalue weighted by Gasteiger charge is 2.12. The van der Waals surface area contributed by atoms with Gasteiger partial charge in [0, 0.05) is 5.92 Å². The maximum absolute atomic E-state index is 5.16. The fourth-order valence-corrected chi connectivity index (χ4v) is 1.25. The van der Waals surface area contributed by atoms with Gasteiger partial charge in [-0.1, -0.05) is 6.08 Å². The van der Waals surface area contributed by atoms with Crippen LogP contribution in [-0.2, 0) is 9.47 Å². The molecule has 0 bridgehead atoms. The van der Waals surface area contributed by atoms with Crippen molar-refractivity contribution >= 4 is 0 Å². The first-order valence-electron chi connectivity index (χ1n) is 4.20. The van der Waals surface area contributed by atoms with Crippen molar-refractivity contribution in [2.45, 2.75) is 19.3 Å². The third-order valence-electron chi connectivity index (χ3n) is 1.89. The molecule has 0 N–H and O–H groups in total. The molecule has 1 aliphatic heterocycles. The molecule has 0 spiro atoms. The summed E-state index contributed by atoms with van der Waals surface area (Å²) < 4.78 is 10.3. The Bertz CT molecular complexity index is 106. The molecule has 0 atom stereocenters. The van der Waals surface area contributed by atoms with Crippen molar-refractivity contribution in [1.29, 1.82) is 0 Å². The molecular weight excluding hydrogens is 140 g/mol. The number of hydrogen-bond acceptors (Lipinski definition) is 2. The molecule has 1 aliphatic rings. The standard InChI is InChI=1S/C9H16O2/c1-2-3-4-5-9-6-10-8-11-7-9/h2,9H,1,3-8H2. The van der Waals surface area contributed by atoms with E-state index >= 15 is 0 Å². The van der Waals surface area contributed by atoms with Crippen LogP contribution in [0.4, 0.5) is 0 Å². The van der Waals surface area contributed by atoms with Crippen molar-refractivity contribution in [2.75, 3.05) is 20.0 Å². The molecule has 0 radical (unpaired) electrons. The van der Waals surface area contributed by atoms with Crippen LogP contribution >= 0.6 is 0 Å². The third-order valence-corrected chi connectivity index (χ3v) is 1.89. The van der Waals surface area contributed by atoms with Crippen LogP contribution in [0.5, 0.6) is 0 Å². The van der Waals surface area contributed by atoms with E-state index in [1.54, 1.807) is 0 Å². The summed E-state index contributed by atoms with van der Waals surface area (Å²) >= 11 is 0. The maximum atomic E-state index is 5.16. The summed E-state index contributed by atoms with van der Waals surface area (Å²) in [6, 6.07) is 0. The van der Waals surface area contributed by atoms with E-state index in [2.05, 4.69) is 6.58 Å². The number of rotatable bonds is 4. The van der Waals surface area contributed by atoms with Gasteiger partial charge in [0.15, 0.2) is 0 Å². The maximum Gasteiger partial charge on any atom is 0.146 e. The Morgan fingerprint density at radius 2 is 2.09 bits per heavy atom. The lowest BCUT2D eigenvalue weighted by atomic mass is 10.0. The molecule has 1 saturated heterocycles. The summed E-state index contributed by atoms with van der Waals surface area (Å²) in [5, 5.41) is 0. The van der Waals surface area contributed by atoms with Gasteiger partial charge in [-0.3, -0.25) is 0 Å². The molecule has 0 unspecified atom stereocenters. The van der Waals surface area contributed by atoms with Crippen LogP contribution < -0.4 is 0 Å². The smallest absolute Gasteiger partial charge is 0.146 e. The Balaban J connectivity index is 2.00. The van der Waals surface area contributed by atoms with Crippen LogP contribution in [0, 0.1) is 5.92 Å². The summed E-state index contributed by atoms with van der Waals surface area (Å²) in [4.78, 5) is 0. The van der Waals surface area contributed by atoms with Crippen molar-refractivity contribution in [2.24, 2.45) is 5.92 Å². The molecule has 64 valence electrons. The van der Waals surface area contributed by atoms with Crippen LogP contribution in [-0.4, -0.2) is 20.0 Å². The predicted octanol–water partition coefficient (Wildman–Crippen LogP) is 1.96. The highest BCUT2D eigenvalue weighted by Crippen LogP contribution is 2.13. The number of hydrogen-bond donors (Lipinski definition) is 0. The van der Waals surface area contributed by atoms with E-state index in [4.69, 9.17) is 9.47 Å².